The van der Waals surface area contributed by atoms with Crippen LogP contribution >= 0.6 is 23.1 Å². The van der Waals surface area contributed by atoms with Crippen LogP contribution in [-0.2, 0) is 32.5 Å². The van der Waals surface area contributed by atoms with E-state index in [1.54, 1.807) is 12.1 Å². The number of rotatable bonds is 5. The highest BCUT2D eigenvalue weighted by atomic mass is 32.2. The van der Waals surface area contributed by atoms with E-state index in [1.165, 1.54) is 16.7 Å². The zero-order chi connectivity index (χ0) is 33.1. The molecule has 1 fully saturated rings. The van der Waals surface area contributed by atoms with E-state index in [0.717, 1.165) is 46.4 Å². The number of fused-ring (bicyclic) bond motifs is 2. The second kappa shape index (κ2) is 11.6. The number of hydrogen-bond donors (Lipinski definition) is 1. The molecule has 2 aliphatic rings. The topological polar surface area (TPSA) is 88.5 Å². The van der Waals surface area contributed by atoms with Crippen molar-refractivity contribution in [2.24, 2.45) is 5.92 Å². The minimum Gasteiger partial charge on any atom is -0.325 e. The maximum absolute atomic E-state index is 14.1. The molecule has 0 spiro atoms. The molecule has 1 aromatic heterocycles. The molecule has 1 saturated heterocycles. The molecule has 1 N–H and O–H groups in total. The number of nitrogens with one attached hydrogen (secondary N) is 1. The molecule has 12 heteroatoms. The number of carbonyl (C=O) groups excluding carboxylic acids is 3. The quantitative estimate of drug-likeness (QED) is 0.233. The van der Waals surface area contributed by atoms with Crippen molar-refractivity contribution in [3.05, 3.63) is 110 Å². The SMILES string of the molecule is Cc1ccc(NC(=O)Cn2c3c(sc2=O)C(c2ccc(C(C)(C)C)cc2)C2C(=O)N(c4ccccc4C(F)(F)F)C(=O)C2S3)cc1. The molecule has 238 valence electrons. The first-order valence-electron chi connectivity index (χ1n) is 14.6. The van der Waals surface area contributed by atoms with E-state index in [1.807, 2.05) is 43.3 Å². The van der Waals surface area contributed by atoms with Crippen LogP contribution in [0, 0.1) is 12.8 Å². The Morgan fingerprint density at radius 2 is 1.54 bits per heavy atom. The Hall–Kier alpha value is -4.16. The fraction of sp³-hybridized carbons (Fsp3) is 0.294. The Morgan fingerprint density at radius 3 is 2.17 bits per heavy atom. The van der Waals surface area contributed by atoms with Crippen molar-refractivity contribution in [2.75, 3.05) is 10.2 Å². The van der Waals surface area contributed by atoms with Gasteiger partial charge >= 0.3 is 11.0 Å². The van der Waals surface area contributed by atoms with Gasteiger partial charge in [-0.2, -0.15) is 13.2 Å². The lowest BCUT2D eigenvalue weighted by molar-refractivity contribution is -0.137. The van der Waals surface area contributed by atoms with E-state index in [4.69, 9.17) is 0 Å². The molecule has 0 bridgehead atoms. The summed E-state index contributed by atoms with van der Waals surface area (Å²) in [6.45, 7) is 7.72. The summed E-state index contributed by atoms with van der Waals surface area (Å²) in [6, 6.07) is 19.2. The van der Waals surface area contributed by atoms with Crippen LogP contribution in [0.5, 0.6) is 0 Å². The number of benzene rings is 3. The summed E-state index contributed by atoms with van der Waals surface area (Å²) < 4.78 is 43.4. The molecule has 2 aliphatic heterocycles. The molecule has 0 aliphatic carbocycles. The summed E-state index contributed by atoms with van der Waals surface area (Å²) in [7, 11) is 0. The summed E-state index contributed by atoms with van der Waals surface area (Å²) in [6.07, 6.45) is -4.80. The van der Waals surface area contributed by atoms with Crippen LogP contribution in [0.4, 0.5) is 24.5 Å². The Bertz CT molecular complexity index is 1910. The van der Waals surface area contributed by atoms with Gasteiger partial charge in [0.05, 0.1) is 22.2 Å². The third-order valence-corrected chi connectivity index (χ3v) is 10.9. The van der Waals surface area contributed by atoms with Gasteiger partial charge in [0.2, 0.25) is 17.7 Å². The van der Waals surface area contributed by atoms with Gasteiger partial charge in [0, 0.05) is 16.5 Å². The van der Waals surface area contributed by atoms with Crippen molar-refractivity contribution in [2.45, 2.75) is 62.0 Å². The predicted molar refractivity (Wildman–Crippen MR) is 172 cm³/mol. The number of thioether (sulfide) groups is 1. The zero-order valence-corrected chi connectivity index (χ0v) is 27.0. The van der Waals surface area contributed by atoms with E-state index in [-0.39, 0.29) is 12.0 Å². The molecule has 0 radical (unpaired) electrons. The van der Waals surface area contributed by atoms with Crippen LogP contribution in [-0.4, -0.2) is 27.5 Å². The maximum atomic E-state index is 14.1. The van der Waals surface area contributed by atoms with Crippen LogP contribution in [0.2, 0.25) is 0 Å². The first-order valence-corrected chi connectivity index (χ1v) is 16.3. The van der Waals surface area contributed by atoms with Crippen molar-refractivity contribution in [3.63, 3.8) is 0 Å². The molecule has 4 aromatic rings. The van der Waals surface area contributed by atoms with Gasteiger partial charge in [-0.3, -0.25) is 23.7 Å². The third kappa shape index (κ3) is 5.68. The highest BCUT2D eigenvalue weighted by molar-refractivity contribution is 8.00. The van der Waals surface area contributed by atoms with Gasteiger partial charge in [-0.25, -0.2) is 4.90 Å². The Morgan fingerprint density at radius 1 is 0.891 bits per heavy atom. The molecule has 6 rings (SSSR count). The van der Waals surface area contributed by atoms with Gasteiger partial charge in [-0.05, 0) is 47.7 Å². The van der Waals surface area contributed by atoms with Crippen molar-refractivity contribution in [3.8, 4) is 0 Å². The number of carbonyl (C=O) groups is 3. The van der Waals surface area contributed by atoms with Gasteiger partial charge in [0.1, 0.15) is 11.8 Å². The van der Waals surface area contributed by atoms with E-state index in [2.05, 4.69) is 26.1 Å². The van der Waals surface area contributed by atoms with Crippen molar-refractivity contribution >= 4 is 52.2 Å². The molecule has 3 unspecified atom stereocenters. The Labute approximate surface area is 271 Å². The standard InChI is InChI=1S/C34H30F3N3O4S2/c1-18-9-15-21(16-10-18)38-24(41)17-39-31-28(46-32(39)44)25(19-11-13-20(14-12-19)33(2,3)4)26-27(45-31)30(43)40(29(26)42)23-8-6-5-7-22(23)34(35,36)37/h5-16,25-27H,17H2,1-4H3,(H,38,41). The monoisotopic (exact) mass is 665 g/mol. The third-order valence-electron chi connectivity index (χ3n) is 8.27. The van der Waals surface area contributed by atoms with Gasteiger partial charge in [0.15, 0.2) is 0 Å². The van der Waals surface area contributed by atoms with Crippen LogP contribution in [0.25, 0.3) is 0 Å². The molecular formula is C34H30F3N3O4S2. The van der Waals surface area contributed by atoms with Gasteiger partial charge in [-0.15, -0.1) is 0 Å². The molecule has 0 saturated carbocycles. The summed E-state index contributed by atoms with van der Waals surface area (Å²) in [5.74, 6) is -3.89. The number of thiazole rings is 1. The Balaban J connectivity index is 1.44. The average Bonchev–Trinajstić information content (AvgIpc) is 3.43. The molecule has 3 atom stereocenters. The number of anilines is 2. The summed E-state index contributed by atoms with van der Waals surface area (Å²) in [4.78, 5) is 55.3. The number of nitrogens with zero attached hydrogens (tertiary/aromatic N) is 2. The summed E-state index contributed by atoms with van der Waals surface area (Å²) in [5, 5.41) is 2.01. The lowest BCUT2D eigenvalue weighted by Crippen LogP contribution is -2.33. The number of alkyl halides is 3. The number of aryl methyl sites for hydroxylation is 1. The largest absolute Gasteiger partial charge is 0.418 e. The number of para-hydroxylation sites is 1. The van der Waals surface area contributed by atoms with Crippen molar-refractivity contribution in [1.82, 2.24) is 4.57 Å². The van der Waals surface area contributed by atoms with Crippen molar-refractivity contribution < 1.29 is 27.6 Å². The fourth-order valence-corrected chi connectivity index (χ4v) is 8.70. The highest BCUT2D eigenvalue weighted by Crippen LogP contribution is 2.54. The second-order valence-corrected chi connectivity index (χ2v) is 14.6. The molecule has 7 nitrogen and oxygen atoms in total. The van der Waals surface area contributed by atoms with Gasteiger partial charge in [-0.1, -0.05) is 98.0 Å². The molecule has 3 amide bonds. The number of hydrogen-bond acceptors (Lipinski definition) is 6. The molecule has 3 aromatic carbocycles. The molecule has 3 heterocycles. The second-order valence-electron chi connectivity index (χ2n) is 12.5. The number of imide groups is 1. The van der Waals surface area contributed by atoms with E-state index in [9.17, 15) is 32.3 Å². The first-order chi connectivity index (χ1) is 21.6. The fourth-order valence-electron chi connectivity index (χ4n) is 5.93. The van der Waals surface area contributed by atoms with E-state index >= 15 is 0 Å². The maximum Gasteiger partial charge on any atom is 0.418 e. The first kappa shape index (κ1) is 31.8. The van der Waals surface area contributed by atoms with E-state index < -0.39 is 57.1 Å². The predicted octanol–water partition coefficient (Wildman–Crippen LogP) is 6.97. The minimum absolute atomic E-state index is 0.176. The van der Waals surface area contributed by atoms with Crippen LogP contribution in [0.15, 0.2) is 82.6 Å². The van der Waals surface area contributed by atoms with Crippen molar-refractivity contribution in [1.29, 1.82) is 0 Å². The van der Waals surface area contributed by atoms with Crippen LogP contribution < -0.4 is 15.1 Å². The number of halogens is 3. The van der Waals surface area contributed by atoms with Gasteiger partial charge in [0.25, 0.3) is 0 Å². The number of amides is 3. The average molecular weight is 666 g/mol. The summed E-state index contributed by atoms with van der Waals surface area (Å²) >= 11 is 1.84. The lowest BCUT2D eigenvalue weighted by Gasteiger charge is -2.31. The van der Waals surface area contributed by atoms with Crippen LogP contribution in [0.3, 0.4) is 0 Å². The smallest absolute Gasteiger partial charge is 0.325 e. The van der Waals surface area contributed by atoms with Crippen LogP contribution in [0.1, 0.15) is 53.8 Å². The number of aromatic nitrogens is 1. The minimum atomic E-state index is -4.80. The highest BCUT2D eigenvalue weighted by Gasteiger charge is 2.57. The molecular weight excluding hydrogens is 636 g/mol. The van der Waals surface area contributed by atoms with Gasteiger partial charge < -0.3 is 5.32 Å². The Kier molecular flexibility index (Phi) is 8.00. The lowest BCUT2D eigenvalue weighted by atomic mass is 9.81. The van der Waals surface area contributed by atoms with E-state index in [0.29, 0.717) is 26.1 Å². The zero-order valence-electron chi connectivity index (χ0n) is 25.3. The molecule has 46 heavy (non-hydrogen) atoms. The summed E-state index contributed by atoms with van der Waals surface area (Å²) in [5.41, 5.74) is 1.43. The normalized spacial score (nSPS) is 19.6.